The first kappa shape index (κ1) is 24.0. The summed E-state index contributed by atoms with van der Waals surface area (Å²) in [5, 5.41) is 0. The number of hydrogen-bond acceptors (Lipinski definition) is 2. The Hall–Kier alpha value is -1.28. The van der Waals surface area contributed by atoms with Crippen LogP contribution >= 0.6 is 0 Å². The largest absolute Gasteiger partial charge is 0.491 e. The van der Waals surface area contributed by atoms with Crippen molar-refractivity contribution in [3.05, 3.63) is 42.0 Å². The van der Waals surface area contributed by atoms with Gasteiger partial charge < -0.3 is 9.47 Å². The van der Waals surface area contributed by atoms with Gasteiger partial charge in [-0.2, -0.15) is 0 Å². The summed E-state index contributed by atoms with van der Waals surface area (Å²) in [7, 11) is 0. The lowest BCUT2D eigenvalue weighted by molar-refractivity contribution is 0.261. The van der Waals surface area contributed by atoms with Crippen LogP contribution in [0.5, 0.6) is 5.75 Å². The standard InChI is InChI=1S/C27H44O2/c1-2-3-4-5-6-7-8-9-10-11-12-13-14-15-16-17-20-25-21-18-19-22-27(25)29-24-26-23-28-26/h6-7,18-19,21-22,26H,2-5,8-17,20,23-24H2,1H3/b7-6+. The van der Waals surface area contributed by atoms with Crippen molar-refractivity contribution in [2.24, 2.45) is 0 Å². The highest BCUT2D eigenvalue weighted by atomic mass is 16.6. The van der Waals surface area contributed by atoms with Crippen LogP contribution in [-0.4, -0.2) is 19.3 Å². The molecule has 164 valence electrons. The van der Waals surface area contributed by atoms with Gasteiger partial charge in [-0.15, -0.1) is 0 Å². The van der Waals surface area contributed by atoms with Crippen LogP contribution in [-0.2, 0) is 11.2 Å². The zero-order valence-electron chi connectivity index (χ0n) is 18.9. The minimum Gasteiger partial charge on any atom is -0.491 e. The normalized spacial score (nSPS) is 15.8. The van der Waals surface area contributed by atoms with Gasteiger partial charge >= 0.3 is 0 Å². The fraction of sp³-hybridized carbons (Fsp3) is 0.704. The molecule has 2 heteroatoms. The van der Waals surface area contributed by atoms with Crippen LogP contribution in [0, 0.1) is 0 Å². The van der Waals surface area contributed by atoms with Gasteiger partial charge in [0.2, 0.25) is 0 Å². The Morgan fingerprint density at radius 3 is 2.07 bits per heavy atom. The molecule has 1 atom stereocenters. The first-order valence-corrected chi connectivity index (χ1v) is 12.4. The van der Waals surface area contributed by atoms with E-state index < -0.39 is 0 Å². The van der Waals surface area contributed by atoms with Gasteiger partial charge in [-0.05, 0) is 50.2 Å². The van der Waals surface area contributed by atoms with E-state index in [0.29, 0.717) is 12.7 Å². The fourth-order valence-electron chi connectivity index (χ4n) is 3.76. The summed E-state index contributed by atoms with van der Waals surface area (Å²) in [6.07, 6.45) is 25.3. The molecule has 1 aromatic carbocycles. The van der Waals surface area contributed by atoms with E-state index >= 15 is 0 Å². The number of epoxide rings is 1. The molecule has 1 fully saturated rings. The summed E-state index contributed by atoms with van der Waals surface area (Å²) in [5.41, 5.74) is 1.35. The van der Waals surface area contributed by atoms with E-state index in [0.717, 1.165) is 18.8 Å². The minimum absolute atomic E-state index is 0.329. The highest BCUT2D eigenvalue weighted by molar-refractivity contribution is 5.33. The van der Waals surface area contributed by atoms with Crippen LogP contribution in [0.25, 0.3) is 0 Å². The summed E-state index contributed by atoms with van der Waals surface area (Å²) in [5.74, 6) is 1.05. The average Bonchev–Trinajstić information content (AvgIpc) is 3.57. The molecule has 1 heterocycles. The molecular formula is C27H44O2. The summed E-state index contributed by atoms with van der Waals surface area (Å²) in [6, 6.07) is 8.50. The molecule has 0 aromatic heterocycles. The van der Waals surface area contributed by atoms with Gasteiger partial charge in [0.15, 0.2) is 0 Å². The molecule has 0 N–H and O–H groups in total. The van der Waals surface area contributed by atoms with E-state index in [1.807, 2.05) is 0 Å². The molecular weight excluding hydrogens is 356 g/mol. The third kappa shape index (κ3) is 12.8. The number of unbranched alkanes of at least 4 members (excludes halogenated alkanes) is 12. The predicted molar refractivity (Wildman–Crippen MR) is 125 cm³/mol. The second-order valence-corrected chi connectivity index (χ2v) is 8.56. The molecule has 29 heavy (non-hydrogen) atoms. The van der Waals surface area contributed by atoms with E-state index in [2.05, 4.69) is 43.3 Å². The highest BCUT2D eigenvalue weighted by Crippen LogP contribution is 2.22. The maximum atomic E-state index is 5.91. The van der Waals surface area contributed by atoms with Crippen molar-refractivity contribution >= 4 is 0 Å². The van der Waals surface area contributed by atoms with Crippen LogP contribution < -0.4 is 4.74 Å². The van der Waals surface area contributed by atoms with Crippen molar-refractivity contribution in [3.8, 4) is 5.75 Å². The second-order valence-electron chi connectivity index (χ2n) is 8.56. The summed E-state index contributed by atoms with van der Waals surface area (Å²) in [4.78, 5) is 0. The van der Waals surface area contributed by atoms with E-state index in [9.17, 15) is 0 Å². The van der Waals surface area contributed by atoms with Crippen LogP contribution in [0.15, 0.2) is 36.4 Å². The molecule has 2 rings (SSSR count). The van der Waals surface area contributed by atoms with E-state index in [4.69, 9.17) is 9.47 Å². The van der Waals surface area contributed by atoms with Crippen molar-refractivity contribution in [3.63, 3.8) is 0 Å². The third-order valence-corrected chi connectivity index (χ3v) is 5.76. The Morgan fingerprint density at radius 2 is 1.41 bits per heavy atom. The molecule has 1 aliphatic rings. The first-order valence-electron chi connectivity index (χ1n) is 12.4. The molecule has 1 aromatic rings. The van der Waals surface area contributed by atoms with Gasteiger partial charge in [0.1, 0.15) is 18.5 Å². The van der Waals surface area contributed by atoms with Gasteiger partial charge in [0.25, 0.3) is 0 Å². The smallest absolute Gasteiger partial charge is 0.122 e. The lowest BCUT2D eigenvalue weighted by Crippen LogP contribution is -2.05. The van der Waals surface area contributed by atoms with Gasteiger partial charge in [-0.3, -0.25) is 0 Å². The number of rotatable bonds is 19. The Bertz CT molecular complexity index is 533. The van der Waals surface area contributed by atoms with Gasteiger partial charge in [0.05, 0.1) is 6.61 Å². The van der Waals surface area contributed by atoms with E-state index in [1.54, 1.807) is 0 Å². The molecule has 0 amide bonds. The van der Waals surface area contributed by atoms with Crippen molar-refractivity contribution in [2.45, 2.75) is 109 Å². The molecule has 1 aliphatic heterocycles. The van der Waals surface area contributed by atoms with Gasteiger partial charge in [-0.1, -0.05) is 95.1 Å². The molecule has 0 spiro atoms. The van der Waals surface area contributed by atoms with Crippen LogP contribution in [0.1, 0.15) is 102 Å². The Balaban J connectivity index is 1.36. The Kier molecular flexibility index (Phi) is 13.7. The lowest BCUT2D eigenvalue weighted by Gasteiger charge is -2.10. The second kappa shape index (κ2) is 16.5. The molecule has 1 saturated heterocycles. The maximum Gasteiger partial charge on any atom is 0.122 e. The SMILES string of the molecule is CCCCC/C=C/CCCCCCCCCCCc1ccccc1OCC1CO1. The molecule has 0 aliphatic carbocycles. The summed E-state index contributed by atoms with van der Waals surface area (Å²) >= 11 is 0. The van der Waals surface area contributed by atoms with Crippen molar-refractivity contribution in [1.29, 1.82) is 0 Å². The van der Waals surface area contributed by atoms with Crippen molar-refractivity contribution in [2.75, 3.05) is 13.2 Å². The van der Waals surface area contributed by atoms with Crippen molar-refractivity contribution < 1.29 is 9.47 Å². The monoisotopic (exact) mass is 400 g/mol. The Morgan fingerprint density at radius 1 is 0.828 bits per heavy atom. The predicted octanol–water partition coefficient (Wildman–Crippen LogP) is 8.04. The lowest BCUT2D eigenvalue weighted by atomic mass is 10.0. The minimum atomic E-state index is 0.329. The third-order valence-electron chi connectivity index (χ3n) is 5.76. The van der Waals surface area contributed by atoms with E-state index in [1.165, 1.54) is 95.5 Å². The van der Waals surface area contributed by atoms with Gasteiger partial charge in [-0.25, -0.2) is 0 Å². The molecule has 2 nitrogen and oxygen atoms in total. The average molecular weight is 401 g/mol. The first-order chi connectivity index (χ1) is 14.4. The zero-order chi connectivity index (χ0) is 20.4. The van der Waals surface area contributed by atoms with Crippen LogP contribution in [0.3, 0.4) is 0 Å². The number of aryl methyl sites for hydroxylation is 1. The number of allylic oxidation sites excluding steroid dienone is 2. The number of benzene rings is 1. The van der Waals surface area contributed by atoms with Crippen molar-refractivity contribution in [1.82, 2.24) is 0 Å². The molecule has 0 bridgehead atoms. The maximum absolute atomic E-state index is 5.91. The van der Waals surface area contributed by atoms with Gasteiger partial charge in [0, 0.05) is 0 Å². The number of hydrogen-bond donors (Lipinski definition) is 0. The Labute approximate surface area is 180 Å². The molecule has 0 saturated carbocycles. The van der Waals surface area contributed by atoms with E-state index in [-0.39, 0.29) is 0 Å². The fourth-order valence-corrected chi connectivity index (χ4v) is 3.76. The topological polar surface area (TPSA) is 21.8 Å². The number of ether oxygens (including phenoxy) is 2. The molecule has 1 unspecified atom stereocenters. The summed E-state index contributed by atoms with van der Waals surface area (Å²) in [6.45, 7) is 3.83. The summed E-state index contributed by atoms with van der Waals surface area (Å²) < 4.78 is 11.1. The number of para-hydroxylation sites is 1. The zero-order valence-corrected chi connectivity index (χ0v) is 18.9. The molecule has 0 radical (unpaired) electrons. The quantitative estimate of drug-likeness (QED) is 0.133. The highest BCUT2D eigenvalue weighted by Gasteiger charge is 2.23. The van der Waals surface area contributed by atoms with Crippen LogP contribution in [0.4, 0.5) is 0 Å². The van der Waals surface area contributed by atoms with Crippen LogP contribution in [0.2, 0.25) is 0 Å².